The van der Waals surface area contributed by atoms with Crippen LogP contribution in [0.25, 0.3) is 0 Å². The first-order valence-electron chi connectivity index (χ1n) is 7.30. The van der Waals surface area contributed by atoms with Gasteiger partial charge in [-0.05, 0) is 29.2 Å². The maximum atomic E-state index is 11.7. The summed E-state index contributed by atoms with van der Waals surface area (Å²) in [6, 6.07) is 11.3. The zero-order valence-corrected chi connectivity index (χ0v) is 13.1. The van der Waals surface area contributed by atoms with Crippen molar-refractivity contribution in [1.29, 1.82) is 0 Å². The molecule has 0 aliphatic rings. The first-order valence-corrected chi connectivity index (χ1v) is 7.30. The Labute approximate surface area is 134 Å². The fourth-order valence-corrected chi connectivity index (χ4v) is 1.85. The monoisotopic (exact) mass is 313 g/mol. The molecule has 2 N–H and O–H groups in total. The topological polar surface area (TPSA) is 83.7 Å². The molecular formula is C17H19N3O3. The summed E-state index contributed by atoms with van der Waals surface area (Å²) in [6.07, 6.45) is 2.80. The number of nitrogens with zero attached hydrogens (tertiary/aromatic N) is 1. The van der Waals surface area contributed by atoms with E-state index < -0.39 is 11.8 Å². The summed E-state index contributed by atoms with van der Waals surface area (Å²) in [6.45, 7) is 4.52. The summed E-state index contributed by atoms with van der Waals surface area (Å²) < 4.78 is 5.01. The molecule has 1 heterocycles. The summed E-state index contributed by atoms with van der Waals surface area (Å²) in [5.74, 6) is -0.631. The minimum Gasteiger partial charge on any atom is -0.463 e. The number of benzene rings is 1. The highest BCUT2D eigenvalue weighted by Crippen LogP contribution is 2.14. The molecular weight excluding hydrogens is 294 g/mol. The van der Waals surface area contributed by atoms with Gasteiger partial charge in [-0.1, -0.05) is 38.1 Å². The lowest BCUT2D eigenvalue weighted by molar-refractivity contribution is -0.139. The smallest absolute Gasteiger partial charge is 0.329 e. The van der Waals surface area contributed by atoms with E-state index in [0.29, 0.717) is 11.7 Å². The predicted molar refractivity (Wildman–Crippen MR) is 86.8 cm³/mol. The molecule has 0 aliphatic carbocycles. The van der Waals surface area contributed by atoms with E-state index in [-0.39, 0.29) is 6.54 Å². The van der Waals surface area contributed by atoms with Gasteiger partial charge in [-0.3, -0.25) is 9.59 Å². The molecule has 0 bridgehead atoms. The number of hydrazone groups is 1. The molecule has 1 aromatic heterocycles. The van der Waals surface area contributed by atoms with E-state index in [0.717, 1.165) is 5.56 Å². The number of carbonyl (C=O) groups is 2. The van der Waals surface area contributed by atoms with E-state index in [1.165, 1.54) is 18.0 Å². The molecule has 0 aliphatic heterocycles. The Morgan fingerprint density at radius 3 is 2.52 bits per heavy atom. The number of hydrogen-bond acceptors (Lipinski definition) is 4. The summed E-state index contributed by atoms with van der Waals surface area (Å²) in [4.78, 5) is 23.2. The number of nitrogens with one attached hydrogen (secondary N) is 2. The summed E-state index contributed by atoms with van der Waals surface area (Å²) in [5, 5.41) is 6.18. The van der Waals surface area contributed by atoms with Crippen molar-refractivity contribution >= 4 is 18.0 Å². The van der Waals surface area contributed by atoms with Gasteiger partial charge in [0.2, 0.25) is 0 Å². The second kappa shape index (κ2) is 7.93. The molecule has 6 heteroatoms. The van der Waals surface area contributed by atoms with Gasteiger partial charge in [0.1, 0.15) is 5.76 Å². The molecule has 0 unspecified atom stereocenters. The van der Waals surface area contributed by atoms with Crippen LogP contribution in [0.5, 0.6) is 0 Å². The molecule has 0 saturated carbocycles. The molecule has 23 heavy (non-hydrogen) atoms. The van der Waals surface area contributed by atoms with E-state index >= 15 is 0 Å². The van der Waals surface area contributed by atoms with Crippen molar-refractivity contribution in [2.24, 2.45) is 5.10 Å². The molecule has 0 saturated heterocycles. The molecule has 1 aromatic carbocycles. The highest BCUT2D eigenvalue weighted by Gasteiger charge is 2.12. The van der Waals surface area contributed by atoms with Gasteiger partial charge in [-0.2, -0.15) is 5.10 Å². The number of hydrogen-bond donors (Lipinski definition) is 2. The first-order chi connectivity index (χ1) is 11.1. The minimum atomic E-state index is -0.827. The number of furan rings is 1. The second-order valence-corrected chi connectivity index (χ2v) is 5.29. The standard InChI is InChI=1S/C17H19N3O3/c1-12(2)14-7-5-13(6-8-14)10-18-16(21)17(22)20-19-11-15-4-3-9-23-15/h3-9,11-12H,10H2,1-2H3,(H,18,21)(H,20,22)/b19-11-. The molecule has 2 amide bonds. The van der Waals surface area contributed by atoms with Crippen molar-refractivity contribution in [2.45, 2.75) is 26.3 Å². The van der Waals surface area contributed by atoms with Crippen LogP contribution >= 0.6 is 0 Å². The zero-order chi connectivity index (χ0) is 16.7. The number of carbonyl (C=O) groups excluding carboxylic acids is 2. The van der Waals surface area contributed by atoms with Crippen molar-refractivity contribution in [3.8, 4) is 0 Å². The average molecular weight is 313 g/mol. The van der Waals surface area contributed by atoms with E-state index in [2.05, 4.69) is 29.7 Å². The fraction of sp³-hybridized carbons (Fsp3) is 0.235. The highest BCUT2D eigenvalue weighted by atomic mass is 16.3. The third-order valence-electron chi connectivity index (χ3n) is 3.21. The van der Waals surface area contributed by atoms with Gasteiger partial charge >= 0.3 is 11.8 Å². The maximum Gasteiger partial charge on any atom is 0.329 e. The van der Waals surface area contributed by atoms with Crippen LogP contribution in [0, 0.1) is 0 Å². The fourth-order valence-electron chi connectivity index (χ4n) is 1.85. The normalized spacial score (nSPS) is 10.9. The Hall–Kier alpha value is -2.89. The molecule has 0 spiro atoms. The van der Waals surface area contributed by atoms with Crippen LogP contribution in [-0.4, -0.2) is 18.0 Å². The van der Waals surface area contributed by atoms with Crippen LogP contribution < -0.4 is 10.7 Å². The lowest BCUT2D eigenvalue weighted by Gasteiger charge is -2.07. The maximum absolute atomic E-state index is 11.7. The van der Waals surface area contributed by atoms with E-state index in [1.54, 1.807) is 12.1 Å². The summed E-state index contributed by atoms with van der Waals surface area (Å²) in [7, 11) is 0. The van der Waals surface area contributed by atoms with E-state index in [4.69, 9.17) is 4.42 Å². The van der Waals surface area contributed by atoms with Crippen LogP contribution in [0.2, 0.25) is 0 Å². The molecule has 6 nitrogen and oxygen atoms in total. The Bertz CT molecular complexity index is 674. The van der Waals surface area contributed by atoms with Crippen LogP contribution in [0.4, 0.5) is 0 Å². The second-order valence-electron chi connectivity index (χ2n) is 5.29. The zero-order valence-electron chi connectivity index (χ0n) is 13.1. The van der Waals surface area contributed by atoms with Crippen molar-refractivity contribution < 1.29 is 14.0 Å². The Morgan fingerprint density at radius 2 is 1.91 bits per heavy atom. The van der Waals surface area contributed by atoms with E-state index in [9.17, 15) is 9.59 Å². The lowest BCUT2D eigenvalue weighted by Crippen LogP contribution is -2.37. The van der Waals surface area contributed by atoms with Crippen LogP contribution in [0.15, 0.2) is 52.2 Å². The summed E-state index contributed by atoms with van der Waals surface area (Å²) >= 11 is 0. The third kappa shape index (κ3) is 5.10. The largest absolute Gasteiger partial charge is 0.463 e. The van der Waals surface area contributed by atoms with Crippen molar-refractivity contribution in [3.05, 3.63) is 59.5 Å². The van der Waals surface area contributed by atoms with Gasteiger partial charge in [0.15, 0.2) is 0 Å². The lowest BCUT2D eigenvalue weighted by atomic mass is 10.0. The Balaban J connectivity index is 1.78. The highest BCUT2D eigenvalue weighted by molar-refractivity contribution is 6.35. The number of amides is 2. The summed E-state index contributed by atoms with van der Waals surface area (Å²) in [5.41, 5.74) is 4.29. The Kier molecular flexibility index (Phi) is 5.68. The van der Waals surface area contributed by atoms with Crippen LogP contribution in [-0.2, 0) is 16.1 Å². The van der Waals surface area contributed by atoms with Gasteiger partial charge in [0, 0.05) is 6.54 Å². The SMILES string of the molecule is CC(C)c1ccc(CNC(=O)C(=O)N/N=C\c2ccco2)cc1. The number of rotatable bonds is 5. The van der Waals surface area contributed by atoms with Gasteiger partial charge in [0.25, 0.3) is 0 Å². The third-order valence-corrected chi connectivity index (χ3v) is 3.21. The quantitative estimate of drug-likeness (QED) is 0.504. The van der Waals surface area contributed by atoms with Crippen molar-refractivity contribution in [2.75, 3.05) is 0 Å². The molecule has 120 valence electrons. The minimum absolute atomic E-state index is 0.284. The van der Waals surface area contributed by atoms with Crippen LogP contribution in [0.3, 0.4) is 0 Å². The molecule has 2 aromatic rings. The van der Waals surface area contributed by atoms with Crippen LogP contribution in [0.1, 0.15) is 36.7 Å². The molecule has 2 rings (SSSR count). The average Bonchev–Trinajstić information content (AvgIpc) is 3.06. The van der Waals surface area contributed by atoms with Crippen molar-refractivity contribution in [3.63, 3.8) is 0 Å². The van der Waals surface area contributed by atoms with Crippen molar-refractivity contribution in [1.82, 2.24) is 10.7 Å². The molecule has 0 fully saturated rings. The van der Waals surface area contributed by atoms with E-state index in [1.807, 2.05) is 24.3 Å². The molecule has 0 radical (unpaired) electrons. The van der Waals surface area contributed by atoms with Gasteiger partial charge < -0.3 is 9.73 Å². The first kappa shape index (κ1) is 16.5. The van der Waals surface area contributed by atoms with Gasteiger partial charge in [-0.25, -0.2) is 5.43 Å². The van der Waals surface area contributed by atoms with Gasteiger partial charge in [0.05, 0.1) is 12.5 Å². The van der Waals surface area contributed by atoms with Gasteiger partial charge in [-0.15, -0.1) is 0 Å². The Morgan fingerprint density at radius 1 is 1.17 bits per heavy atom. The molecule has 0 atom stereocenters. The predicted octanol–water partition coefficient (Wildman–Crippen LogP) is 2.17.